The maximum Gasteiger partial charge on any atom is 0.412 e. The Kier molecular flexibility index (Phi) is 5.32. The molecule has 110 valence electrons. The van der Waals surface area contributed by atoms with Gasteiger partial charge in [-0.05, 0) is 35.6 Å². The highest BCUT2D eigenvalue weighted by atomic mass is 16.5. The number of hydrogen-bond acceptors (Lipinski definition) is 3. The Morgan fingerprint density at radius 2 is 2.05 bits per heavy atom. The molecule has 1 aromatic carbocycles. The van der Waals surface area contributed by atoms with Gasteiger partial charge in [-0.3, -0.25) is 4.98 Å². The van der Waals surface area contributed by atoms with Gasteiger partial charge >= 0.3 is 6.09 Å². The largest absolute Gasteiger partial charge is 0.412 e. The van der Waals surface area contributed by atoms with Crippen LogP contribution in [0.5, 0.6) is 5.75 Å². The number of rotatable bonds is 5. The van der Waals surface area contributed by atoms with Crippen LogP contribution in [0.3, 0.4) is 0 Å². The smallest absolute Gasteiger partial charge is 0.410 e. The van der Waals surface area contributed by atoms with Crippen LogP contribution >= 0.6 is 0 Å². The van der Waals surface area contributed by atoms with E-state index in [-0.39, 0.29) is 0 Å². The van der Waals surface area contributed by atoms with Crippen LogP contribution in [0.2, 0.25) is 0 Å². The van der Waals surface area contributed by atoms with Crippen LogP contribution in [0, 0.1) is 0 Å². The summed E-state index contributed by atoms with van der Waals surface area (Å²) < 4.78 is 5.16. The number of ether oxygens (including phenoxy) is 1. The molecule has 2 aromatic rings. The van der Waals surface area contributed by atoms with Gasteiger partial charge in [0.05, 0.1) is 0 Å². The fraction of sp³-hybridized carbons (Fsp3) is 0.294. The minimum atomic E-state index is -0.463. The molecule has 1 N–H and O–H groups in total. The summed E-state index contributed by atoms with van der Waals surface area (Å²) in [5.41, 5.74) is 2.16. The standard InChI is InChI=1S/C17H20N2O2/c1-3-13(2)15-9-14(10-18-12-15)11-19-17(20)21-16-7-5-4-6-8-16/h4-10,12-13H,3,11H2,1-2H3,(H,19,20). The predicted molar refractivity (Wildman–Crippen MR) is 82.2 cm³/mol. The van der Waals surface area contributed by atoms with Crippen molar-refractivity contribution in [3.63, 3.8) is 0 Å². The second-order valence-corrected chi connectivity index (χ2v) is 4.99. The zero-order valence-electron chi connectivity index (χ0n) is 12.4. The summed E-state index contributed by atoms with van der Waals surface area (Å²) in [6.45, 7) is 4.72. The van der Waals surface area contributed by atoms with E-state index < -0.39 is 6.09 Å². The first kappa shape index (κ1) is 15.0. The monoisotopic (exact) mass is 284 g/mol. The van der Waals surface area contributed by atoms with Crippen LogP contribution in [-0.4, -0.2) is 11.1 Å². The van der Waals surface area contributed by atoms with E-state index in [2.05, 4.69) is 30.2 Å². The van der Waals surface area contributed by atoms with Crippen molar-refractivity contribution < 1.29 is 9.53 Å². The lowest BCUT2D eigenvalue weighted by atomic mass is 9.99. The zero-order valence-corrected chi connectivity index (χ0v) is 12.4. The Labute approximate surface area is 125 Å². The molecule has 0 aliphatic rings. The van der Waals surface area contributed by atoms with E-state index in [1.807, 2.05) is 24.4 Å². The number of nitrogens with zero attached hydrogens (tertiary/aromatic N) is 1. The molecule has 0 saturated heterocycles. The number of pyridine rings is 1. The first-order chi connectivity index (χ1) is 10.2. The van der Waals surface area contributed by atoms with E-state index in [0.717, 1.165) is 12.0 Å². The minimum Gasteiger partial charge on any atom is -0.410 e. The Morgan fingerprint density at radius 1 is 1.29 bits per heavy atom. The summed E-state index contributed by atoms with van der Waals surface area (Å²) in [5, 5.41) is 2.73. The predicted octanol–water partition coefficient (Wildman–Crippen LogP) is 3.88. The van der Waals surface area contributed by atoms with Crippen molar-refractivity contribution in [2.75, 3.05) is 0 Å². The zero-order chi connectivity index (χ0) is 15.1. The molecule has 4 heteroatoms. The molecule has 4 nitrogen and oxygen atoms in total. The van der Waals surface area contributed by atoms with Crippen LogP contribution in [-0.2, 0) is 6.54 Å². The van der Waals surface area contributed by atoms with Crippen molar-refractivity contribution in [2.24, 2.45) is 0 Å². The molecule has 0 spiro atoms. The first-order valence-corrected chi connectivity index (χ1v) is 7.13. The van der Waals surface area contributed by atoms with Gasteiger partial charge in [0.2, 0.25) is 0 Å². The van der Waals surface area contributed by atoms with Crippen molar-refractivity contribution in [2.45, 2.75) is 32.7 Å². The lowest BCUT2D eigenvalue weighted by molar-refractivity contribution is 0.200. The van der Waals surface area contributed by atoms with Crippen molar-refractivity contribution in [3.05, 3.63) is 59.9 Å². The van der Waals surface area contributed by atoms with Crippen LogP contribution in [0.1, 0.15) is 37.3 Å². The SMILES string of the molecule is CCC(C)c1cncc(CNC(=O)Oc2ccccc2)c1. The molecule has 1 heterocycles. The van der Waals surface area contributed by atoms with Gasteiger partial charge in [0.25, 0.3) is 0 Å². The molecular weight excluding hydrogens is 264 g/mol. The number of aromatic nitrogens is 1. The summed E-state index contributed by atoms with van der Waals surface area (Å²) in [6.07, 6.45) is 4.23. The molecule has 0 fully saturated rings. The topological polar surface area (TPSA) is 51.2 Å². The number of benzene rings is 1. The first-order valence-electron chi connectivity index (χ1n) is 7.13. The highest BCUT2D eigenvalue weighted by molar-refractivity contribution is 5.70. The van der Waals surface area contributed by atoms with Crippen LogP contribution in [0.15, 0.2) is 48.8 Å². The summed E-state index contributed by atoms with van der Waals surface area (Å²) in [4.78, 5) is 15.9. The van der Waals surface area contributed by atoms with Gasteiger partial charge in [-0.2, -0.15) is 0 Å². The third kappa shape index (κ3) is 4.60. The number of nitrogens with one attached hydrogen (secondary N) is 1. The number of carbonyl (C=O) groups is 1. The van der Waals surface area contributed by atoms with Crippen LogP contribution < -0.4 is 10.1 Å². The molecule has 1 aromatic heterocycles. The molecule has 0 aliphatic carbocycles. The van der Waals surface area contributed by atoms with E-state index in [1.165, 1.54) is 5.56 Å². The average molecular weight is 284 g/mol. The number of amides is 1. The van der Waals surface area contributed by atoms with Crippen LogP contribution in [0.4, 0.5) is 4.79 Å². The molecule has 0 bridgehead atoms. The van der Waals surface area contributed by atoms with Crippen molar-refractivity contribution in [1.29, 1.82) is 0 Å². The minimum absolute atomic E-state index is 0.406. The fourth-order valence-electron chi connectivity index (χ4n) is 1.92. The average Bonchev–Trinajstić information content (AvgIpc) is 2.53. The summed E-state index contributed by atoms with van der Waals surface area (Å²) in [6, 6.07) is 11.1. The third-order valence-corrected chi connectivity index (χ3v) is 3.39. The molecule has 0 radical (unpaired) electrons. The third-order valence-electron chi connectivity index (χ3n) is 3.39. The van der Waals surface area contributed by atoms with E-state index >= 15 is 0 Å². The maximum absolute atomic E-state index is 11.7. The molecule has 0 aliphatic heterocycles. The van der Waals surface area contributed by atoms with Crippen molar-refractivity contribution in [3.8, 4) is 5.75 Å². The molecule has 1 unspecified atom stereocenters. The van der Waals surface area contributed by atoms with Gasteiger partial charge in [-0.1, -0.05) is 38.1 Å². The van der Waals surface area contributed by atoms with E-state index in [9.17, 15) is 4.79 Å². The molecule has 1 amide bonds. The summed E-state index contributed by atoms with van der Waals surface area (Å²) in [7, 11) is 0. The highest BCUT2D eigenvalue weighted by Crippen LogP contribution is 2.18. The maximum atomic E-state index is 11.7. The van der Waals surface area contributed by atoms with Gasteiger partial charge < -0.3 is 10.1 Å². The van der Waals surface area contributed by atoms with Gasteiger partial charge in [-0.25, -0.2) is 4.79 Å². The second kappa shape index (κ2) is 7.43. The summed E-state index contributed by atoms with van der Waals surface area (Å²) in [5.74, 6) is 0.996. The molecule has 21 heavy (non-hydrogen) atoms. The lowest BCUT2D eigenvalue weighted by Crippen LogP contribution is -2.26. The van der Waals surface area contributed by atoms with Crippen LogP contribution in [0.25, 0.3) is 0 Å². The van der Waals surface area contributed by atoms with Crippen molar-refractivity contribution in [1.82, 2.24) is 10.3 Å². The second-order valence-electron chi connectivity index (χ2n) is 4.99. The molecular formula is C17H20N2O2. The van der Waals surface area contributed by atoms with E-state index in [1.54, 1.807) is 18.3 Å². The lowest BCUT2D eigenvalue weighted by Gasteiger charge is -2.11. The number of hydrogen-bond donors (Lipinski definition) is 1. The Hall–Kier alpha value is -2.36. The Bertz CT molecular complexity index is 584. The normalized spacial score (nSPS) is 11.7. The van der Waals surface area contributed by atoms with Gasteiger partial charge in [0.15, 0.2) is 0 Å². The highest BCUT2D eigenvalue weighted by Gasteiger charge is 2.07. The van der Waals surface area contributed by atoms with Gasteiger partial charge in [0.1, 0.15) is 5.75 Å². The quantitative estimate of drug-likeness (QED) is 0.906. The molecule has 0 saturated carbocycles. The van der Waals surface area contributed by atoms with Crippen molar-refractivity contribution >= 4 is 6.09 Å². The summed E-state index contributed by atoms with van der Waals surface area (Å²) >= 11 is 0. The number of para-hydroxylation sites is 1. The van der Waals surface area contributed by atoms with Gasteiger partial charge in [0, 0.05) is 18.9 Å². The van der Waals surface area contributed by atoms with Gasteiger partial charge in [-0.15, -0.1) is 0 Å². The fourth-order valence-corrected chi connectivity index (χ4v) is 1.92. The Morgan fingerprint density at radius 3 is 2.76 bits per heavy atom. The molecule has 1 atom stereocenters. The van der Waals surface area contributed by atoms with E-state index in [0.29, 0.717) is 18.2 Å². The molecule has 2 rings (SSSR count). The Balaban J connectivity index is 1.89. The van der Waals surface area contributed by atoms with E-state index in [4.69, 9.17) is 4.74 Å². The number of carbonyl (C=O) groups excluding carboxylic acids is 1.